The van der Waals surface area contributed by atoms with Crippen molar-refractivity contribution in [2.45, 2.75) is 31.2 Å². The predicted octanol–water partition coefficient (Wildman–Crippen LogP) is 2.62. The molecule has 4 heterocycles. The molecule has 1 fully saturated rings. The minimum Gasteiger partial charge on any atom is -0.367 e. The van der Waals surface area contributed by atoms with Gasteiger partial charge in [-0.3, -0.25) is 4.40 Å². The van der Waals surface area contributed by atoms with E-state index in [-0.39, 0.29) is 0 Å². The molecule has 5 rings (SSSR count). The zero-order chi connectivity index (χ0) is 17.5. The van der Waals surface area contributed by atoms with Gasteiger partial charge < -0.3 is 10.3 Å². The highest BCUT2D eigenvalue weighted by molar-refractivity contribution is 5.74. The molecule has 1 unspecified atom stereocenters. The Labute approximate surface area is 148 Å². The Morgan fingerprint density at radius 2 is 2.12 bits per heavy atom. The monoisotopic (exact) mass is 344 g/mol. The number of aromatic amines is 1. The molecule has 8 heteroatoms. The van der Waals surface area contributed by atoms with Crippen molar-refractivity contribution in [1.82, 2.24) is 29.5 Å². The number of pyridine rings is 1. The number of rotatable bonds is 3. The van der Waals surface area contributed by atoms with E-state index in [1.807, 2.05) is 18.3 Å². The van der Waals surface area contributed by atoms with Crippen molar-refractivity contribution in [3.63, 3.8) is 0 Å². The Kier molecular flexibility index (Phi) is 3.31. The van der Waals surface area contributed by atoms with E-state index in [0.29, 0.717) is 17.5 Å². The first-order chi connectivity index (χ1) is 12.8. The van der Waals surface area contributed by atoms with E-state index in [1.165, 1.54) is 0 Å². The van der Waals surface area contributed by atoms with Crippen LogP contribution in [0.3, 0.4) is 0 Å². The minimum absolute atomic E-state index is 0.330. The number of H-pyrrole nitrogens is 1. The number of hydrogen-bond donors (Lipinski definition) is 2. The molecule has 26 heavy (non-hydrogen) atoms. The highest BCUT2D eigenvalue weighted by Gasteiger charge is 2.30. The third-order valence-corrected chi connectivity index (χ3v) is 5.01. The van der Waals surface area contributed by atoms with Crippen LogP contribution in [-0.4, -0.2) is 35.6 Å². The molecule has 4 aromatic rings. The van der Waals surface area contributed by atoms with Gasteiger partial charge in [-0.1, -0.05) is 0 Å². The van der Waals surface area contributed by atoms with Crippen molar-refractivity contribution in [2.75, 3.05) is 5.32 Å². The molecule has 0 spiro atoms. The average Bonchev–Trinajstić information content (AvgIpc) is 3.40. The third kappa shape index (κ3) is 2.37. The molecule has 0 bridgehead atoms. The van der Waals surface area contributed by atoms with E-state index in [2.05, 4.69) is 40.9 Å². The minimum atomic E-state index is 0.330. The summed E-state index contributed by atoms with van der Waals surface area (Å²) in [6.07, 6.45) is 8.29. The molecule has 0 saturated heterocycles. The van der Waals surface area contributed by atoms with Crippen molar-refractivity contribution in [2.24, 2.45) is 0 Å². The summed E-state index contributed by atoms with van der Waals surface area (Å²) in [6.45, 7) is 0. The molecule has 0 amide bonds. The van der Waals surface area contributed by atoms with Crippen molar-refractivity contribution in [3.05, 3.63) is 48.2 Å². The molecular formula is C18H16N8. The number of fused-ring (bicyclic) bond motifs is 3. The van der Waals surface area contributed by atoms with E-state index < -0.39 is 0 Å². The summed E-state index contributed by atoms with van der Waals surface area (Å²) >= 11 is 0. The predicted molar refractivity (Wildman–Crippen MR) is 95.6 cm³/mol. The van der Waals surface area contributed by atoms with E-state index >= 15 is 0 Å². The van der Waals surface area contributed by atoms with Crippen molar-refractivity contribution < 1.29 is 0 Å². The average molecular weight is 344 g/mol. The summed E-state index contributed by atoms with van der Waals surface area (Å²) in [5, 5.41) is 21.1. The van der Waals surface area contributed by atoms with Crippen LogP contribution in [0.15, 0.2) is 36.8 Å². The van der Waals surface area contributed by atoms with Gasteiger partial charge >= 0.3 is 0 Å². The van der Waals surface area contributed by atoms with E-state index in [4.69, 9.17) is 5.26 Å². The van der Waals surface area contributed by atoms with E-state index in [0.717, 1.165) is 47.7 Å². The van der Waals surface area contributed by atoms with Gasteiger partial charge in [0.2, 0.25) is 0 Å². The lowest BCUT2D eigenvalue weighted by molar-refractivity contribution is 0.651. The van der Waals surface area contributed by atoms with Crippen molar-refractivity contribution in [1.29, 1.82) is 5.26 Å². The first-order valence-electron chi connectivity index (χ1n) is 8.61. The van der Waals surface area contributed by atoms with Gasteiger partial charge in [-0.25, -0.2) is 9.97 Å². The zero-order valence-electron chi connectivity index (χ0n) is 13.9. The lowest BCUT2D eigenvalue weighted by Gasteiger charge is -2.13. The second-order valence-corrected chi connectivity index (χ2v) is 6.62. The summed E-state index contributed by atoms with van der Waals surface area (Å²) in [4.78, 5) is 11.8. The standard InChI is InChI=1S/C18H16N8/c19-8-11-1-4-15(21-9-11)23-13-3-2-12(7-13)18-25-24-16-10-22-17-14(26(16)18)5-6-20-17/h1,4-6,9-10,12-13,20H,2-3,7H2,(H,21,23)/t12?,13-/m0/s1. The van der Waals surface area contributed by atoms with Crippen LogP contribution in [0.2, 0.25) is 0 Å². The fraction of sp³-hybridized carbons (Fsp3) is 0.278. The SMILES string of the molecule is N#Cc1ccc(N[C@H]2CCC(c3nnc4cnc5[nH]ccc5n34)C2)nc1. The van der Waals surface area contributed by atoms with Crippen LogP contribution in [0.1, 0.15) is 36.6 Å². The largest absolute Gasteiger partial charge is 0.367 e. The number of nitrogens with one attached hydrogen (secondary N) is 2. The topological polar surface area (TPSA) is 108 Å². The molecule has 1 aliphatic carbocycles. The highest BCUT2D eigenvalue weighted by atomic mass is 15.3. The fourth-order valence-corrected chi connectivity index (χ4v) is 3.76. The van der Waals surface area contributed by atoms with Crippen LogP contribution >= 0.6 is 0 Å². The van der Waals surface area contributed by atoms with Crippen LogP contribution in [0.4, 0.5) is 5.82 Å². The van der Waals surface area contributed by atoms with Gasteiger partial charge in [-0.2, -0.15) is 5.26 Å². The molecule has 2 N–H and O–H groups in total. The molecule has 8 nitrogen and oxygen atoms in total. The maximum absolute atomic E-state index is 8.87. The maximum Gasteiger partial charge on any atom is 0.179 e. The molecule has 1 saturated carbocycles. The summed E-state index contributed by atoms with van der Waals surface area (Å²) < 4.78 is 2.10. The molecule has 0 aromatic carbocycles. The molecular weight excluding hydrogens is 328 g/mol. The van der Waals surface area contributed by atoms with Gasteiger partial charge in [0, 0.05) is 24.4 Å². The van der Waals surface area contributed by atoms with Crippen LogP contribution < -0.4 is 5.32 Å². The van der Waals surface area contributed by atoms with E-state index in [9.17, 15) is 0 Å². The Balaban J connectivity index is 1.39. The lowest BCUT2D eigenvalue weighted by atomic mass is 10.1. The van der Waals surface area contributed by atoms with Crippen molar-refractivity contribution >= 4 is 22.6 Å². The Hall–Kier alpha value is -3.47. The summed E-state index contributed by atoms with van der Waals surface area (Å²) in [7, 11) is 0. The normalized spacial score (nSPS) is 19.8. The molecule has 0 aliphatic heterocycles. The number of aromatic nitrogens is 6. The number of anilines is 1. The van der Waals surface area contributed by atoms with Gasteiger partial charge in [0.15, 0.2) is 11.3 Å². The van der Waals surface area contributed by atoms with Gasteiger partial charge in [0.1, 0.15) is 17.7 Å². The smallest absolute Gasteiger partial charge is 0.179 e. The van der Waals surface area contributed by atoms with Crippen LogP contribution in [0.25, 0.3) is 16.8 Å². The van der Waals surface area contributed by atoms with Gasteiger partial charge in [0.05, 0.1) is 17.3 Å². The lowest BCUT2D eigenvalue weighted by Crippen LogP contribution is -2.16. The third-order valence-electron chi connectivity index (χ3n) is 5.01. The summed E-state index contributed by atoms with van der Waals surface area (Å²) in [5.41, 5.74) is 3.19. The fourth-order valence-electron chi connectivity index (χ4n) is 3.76. The second-order valence-electron chi connectivity index (χ2n) is 6.62. The van der Waals surface area contributed by atoms with Crippen LogP contribution in [0.5, 0.6) is 0 Å². The van der Waals surface area contributed by atoms with Crippen LogP contribution in [0, 0.1) is 11.3 Å². The quantitative estimate of drug-likeness (QED) is 0.591. The van der Waals surface area contributed by atoms with Gasteiger partial charge in [-0.15, -0.1) is 10.2 Å². The Morgan fingerprint density at radius 3 is 2.96 bits per heavy atom. The van der Waals surface area contributed by atoms with Crippen LogP contribution in [-0.2, 0) is 0 Å². The molecule has 128 valence electrons. The molecule has 0 radical (unpaired) electrons. The molecule has 4 aromatic heterocycles. The highest BCUT2D eigenvalue weighted by Crippen LogP contribution is 2.35. The van der Waals surface area contributed by atoms with E-state index in [1.54, 1.807) is 18.5 Å². The first-order valence-corrected chi connectivity index (χ1v) is 8.61. The number of hydrogen-bond acceptors (Lipinski definition) is 6. The number of nitrogens with zero attached hydrogens (tertiary/aromatic N) is 6. The maximum atomic E-state index is 8.87. The van der Waals surface area contributed by atoms with Gasteiger partial charge in [-0.05, 0) is 37.5 Å². The summed E-state index contributed by atoms with van der Waals surface area (Å²) in [5.74, 6) is 2.13. The molecule has 2 atom stereocenters. The Bertz CT molecular complexity index is 1120. The molecule has 1 aliphatic rings. The first kappa shape index (κ1) is 14.8. The summed E-state index contributed by atoms with van der Waals surface area (Å²) in [6, 6.07) is 8.06. The Morgan fingerprint density at radius 1 is 1.15 bits per heavy atom. The second kappa shape index (κ2) is 5.81. The number of nitriles is 1. The zero-order valence-corrected chi connectivity index (χ0v) is 13.9. The van der Waals surface area contributed by atoms with Gasteiger partial charge in [0.25, 0.3) is 0 Å². The van der Waals surface area contributed by atoms with Crippen molar-refractivity contribution in [3.8, 4) is 6.07 Å².